The van der Waals surface area contributed by atoms with E-state index in [0.29, 0.717) is 11.8 Å². The summed E-state index contributed by atoms with van der Waals surface area (Å²) in [5.41, 5.74) is 2.26. The van der Waals surface area contributed by atoms with Gasteiger partial charge in [0.1, 0.15) is 0 Å². The van der Waals surface area contributed by atoms with E-state index in [2.05, 4.69) is 11.4 Å². The van der Waals surface area contributed by atoms with Gasteiger partial charge in [-0.3, -0.25) is 4.79 Å². The van der Waals surface area contributed by atoms with Gasteiger partial charge in [0, 0.05) is 29.6 Å². The van der Waals surface area contributed by atoms with E-state index in [-0.39, 0.29) is 5.56 Å². The van der Waals surface area contributed by atoms with E-state index in [9.17, 15) is 4.79 Å². The molecule has 1 saturated heterocycles. The third-order valence-electron chi connectivity index (χ3n) is 4.30. The Morgan fingerprint density at radius 2 is 2.21 bits per heavy atom. The van der Waals surface area contributed by atoms with E-state index in [1.165, 1.54) is 12.1 Å². The van der Waals surface area contributed by atoms with Crippen molar-refractivity contribution in [3.05, 3.63) is 45.7 Å². The quantitative estimate of drug-likeness (QED) is 0.864. The average Bonchev–Trinajstić information content (AvgIpc) is 2.94. The van der Waals surface area contributed by atoms with Gasteiger partial charge in [-0.15, -0.1) is 11.3 Å². The molecule has 0 amide bonds. The Bertz CT molecular complexity index is 659. The molecule has 3 nitrogen and oxygen atoms in total. The topological polar surface area (TPSA) is 34.0 Å². The number of hydrogen-bond acceptors (Lipinski definition) is 3. The predicted molar refractivity (Wildman–Crippen MR) is 77.7 cm³/mol. The summed E-state index contributed by atoms with van der Waals surface area (Å²) in [5, 5.41) is 5.50. The highest BCUT2D eigenvalue weighted by molar-refractivity contribution is 7.13. The third kappa shape index (κ3) is 1.78. The first-order chi connectivity index (χ1) is 9.33. The van der Waals surface area contributed by atoms with E-state index in [0.717, 1.165) is 30.1 Å². The van der Waals surface area contributed by atoms with Crippen molar-refractivity contribution < 1.29 is 0 Å². The number of hydrogen-bond donors (Lipinski definition) is 1. The van der Waals surface area contributed by atoms with Crippen molar-refractivity contribution >= 4 is 11.3 Å². The van der Waals surface area contributed by atoms with Crippen LogP contribution in [0.4, 0.5) is 0 Å². The lowest BCUT2D eigenvalue weighted by Crippen LogP contribution is -2.45. The molecule has 0 radical (unpaired) electrons. The fraction of sp³-hybridized carbons (Fsp3) is 0.400. The first-order valence-electron chi connectivity index (χ1n) is 6.81. The number of aromatic nitrogens is 1. The Labute approximate surface area is 115 Å². The van der Waals surface area contributed by atoms with Crippen molar-refractivity contribution in [2.75, 3.05) is 13.1 Å². The lowest BCUT2D eigenvalue weighted by molar-refractivity contribution is 0.257. The Kier molecular flexibility index (Phi) is 2.60. The van der Waals surface area contributed by atoms with Crippen LogP contribution in [-0.2, 0) is 6.54 Å². The van der Waals surface area contributed by atoms with Crippen LogP contribution in [0.2, 0.25) is 0 Å². The zero-order valence-electron chi connectivity index (χ0n) is 10.6. The fourth-order valence-electron chi connectivity index (χ4n) is 3.41. The molecule has 2 aliphatic heterocycles. The molecule has 2 bridgehead atoms. The summed E-state index contributed by atoms with van der Waals surface area (Å²) < 4.78 is 2.02. The summed E-state index contributed by atoms with van der Waals surface area (Å²) in [6.07, 6.45) is 1.23. The highest BCUT2D eigenvalue weighted by atomic mass is 32.1. The Hall–Kier alpha value is -1.39. The molecule has 2 aromatic rings. The first kappa shape index (κ1) is 11.4. The number of nitrogens with one attached hydrogen (secondary N) is 1. The van der Waals surface area contributed by atoms with Crippen LogP contribution >= 0.6 is 11.3 Å². The van der Waals surface area contributed by atoms with Gasteiger partial charge in [-0.25, -0.2) is 0 Å². The van der Waals surface area contributed by atoms with Crippen molar-refractivity contribution in [2.45, 2.75) is 18.9 Å². The largest absolute Gasteiger partial charge is 0.316 e. The van der Waals surface area contributed by atoms with Crippen molar-refractivity contribution in [2.24, 2.45) is 5.92 Å². The maximum atomic E-state index is 12.7. The predicted octanol–water partition coefficient (Wildman–Crippen LogP) is 2.28. The van der Waals surface area contributed by atoms with Gasteiger partial charge in [-0.05, 0) is 42.5 Å². The van der Waals surface area contributed by atoms with Crippen LogP contribution in [0.1, 0.15) is 18.0 Å². The smallest absolute Gasteiger partial charge is 0.259 e. The van der Waals surface area contributed by atoms with Gasteiger partial charge < -0.3 is 9.88 Å². The molecule has 0 saturated carbocycles. The lowest BCUT2D eigenvalue weighted by atomic mass is 9.84. The molecule has 0 aromatic carbocycles. The number of rotatable bonds is 1. The van der Waals surface area contributed by atoms with E-state index in [4.69, 9.17) is 0 Å². The van der Waals surface area contributed by atoms with Crippen molar-refractivity contribution in [3.63, 3.8) is 0 Å². The second-order valence-electron chi connectivity index (χ2n) is 5.52. The van der Waals surface area contributed by atoms with Gasteiger partial charge in [0.25, 0.3) is 5.56 Å². The van der Waals surface area contributed by atoms with Crippen LogP contribution in [0, 0.1) is 5.92 Å². The molecule has 1 N–H and O–H groups in total. The molecule has 4 heterocycles. The number of fused-ring (bicyclic) bond motifs is 4. The molecule has 1 fully saturated rings. The zero-order chi connectivity index (χ0) is 12.8. The highest BCUT2D eigenvalue weighted by Crippen LogP contribution is 2.33. The van der Waals surface area contributed by atoms with Crippen LogP contribution < -0.4 is 10.9 Å². The van der Waals surface area contributed by atoms with Crippen LogP contribution in [-0.4, -0.2) is 17.7 Å². The number of pyridine rings is 1. The first-order valence-corrected chi connectivity index (χ1v) is 7.69. The third-order valence-corrected chi connectivity index (χ3v) is 5.20. The van der Waals surface area contributed by atoms with Crippen LogP contribution in [0.5, 0.6) is 0 Å². The molecule has 2 aromatic heterocycles. The van der Waals surface area contributed by atoms with Crippen molar-refractivity contribution in [1.29, 1.82) is 0 Å². The monoisotopic (exact) mass is 272 g/mol. The van der Waals surface area contributed by atoms with Gasteiger partial charge in [0.15, 0.2) is 0 Å². The summed E-state index contributed by atoms with van der Waals surface area (Å²) in [4.78, 5) is 13.8. The van der Waals surface area contributed by atoms with Crippen LogP contribution in [0.15, 0.2) is 34.4 Å². The van der Waals surface area contributed by atoms with Gasteiger partial charge >= 0.3 is 0 Å². The number of nitrogens with zero attached hydrogens (tertiary/aromatic N) is 1. The maximum Gasteiger partial charge on any atom is 0.259 e. The van der Waals surface area contributed by atoms with Gasteiger partial charge in [-0.1, -0.05) is 6.07 Å². The summed E-state index contributed by atoms with van der Waals surface area (Å²) in [6, 6.07) is 8.20. The molecule has 0 spiro atoms. The van der Waals surface area contributed by atoms with Crippen molar-refractivity contribution in [1.82, 2.24) is 9.88 Å². The SMILES string of the molecule is O=c1c(-c2cccs2)ccc2n1C[C@@H]1CNC[C@H]2C1. The van der Waals surface area contributed by atoms with Gasteiger partial charge in [-0.2, -0.15) is 0 Å². The summed E-state index contributed by atoms with van der Waals surface area (Å²) in [6.45, 7) is 2.93. The van der Waals surface area contributed by atoms with E-state index in [1.54, 1.807) is 11.3 Å². The maximum absolute atomic E-state index is 12.7. The second kappa shape index (κ2) is 4.32. The van der Waals surface area contributed by atoms with Crippen LogP contribution in [0.25, 0.3) is 10.4 Å². The average molecular weight is 272 g/mol. The summed E-state index contributed by atoms with van der Waals surface area (Å²) in [5.74, 6) is 1.13. The Morgan fingerprint density at radius 3 is 3.05 bits per heavy atom. The molecular weight excluding hydrogens is 256 g/mol. The highest BCUT2D eigenvalue weighted by Gasteiger charge is 2.31. The molecule has 0 aliphatic carbocycles. The minimum atomic E-state index is 0.191. The number of thiophene rings is 1. The molecule has 19 heavy (non-hydrogen) atoms. The van der Waals surface area contributed by atoms with Gasteiger partial charge in [0.05, 0.1) is 5.56 Å². The fourth-order valence-corrected chi connectivity index (χ4v) is 4.15. The molecule has 4 heteroatoms. The normalized spacial score (nSPS) is 25.1. The van der Waals surface area contributed by atoms with Crippen molar-refractivity contribution in [3.8, 4) is 10.4 Å². The standard InChI is InChI=1S/C15H16N2OS/c18-15-12(14-2-1-5-19-14)3-4-13-11-6-10(7-16-8-11)9-17(13)15/h1-5,10-11,16H,6-9H2/t10-,11+/m0/s1. The molecule has 2 atom stereocenters. The summed E-state index contributed by atoms with van der Waals surface area (Å²) >= 11 is 1.64. The van der Waals surface area contributed by atoms with Crippen LogP contribution in [0.3, 0.4) is 0 Å². The Morgan fingerprint density at radius 1 is 1.26 bits per heavy atom. The molecule has 4 rings (SSSR count). The molecule has 98 valence electrons. The lowest BCUT2D eigenvalue weighted by Gasteiger charge is -2.37. The molecular formula is C15H16N2OS. The minimum absolute atomic E-state index is 0.191. The Balaban J connectivity index is 1.88. The zero-order valence-corrected chi connectivity index (χ0v) is 11.5. The van der Waals surface area contributed by atoms with E-state index < -0.39 is 0 Å². The molecule has 0 unspecified atom stereocenters. The van der Waals surface area contributed by atoms with E-state index in [1.807, 2.05) is 28.1 Å². The van der Waals surface area contributed by atoms with Gasteiger partial charge in [0.2, 0.25) is 0 Å². The van der Waals surface area contributed by atoms with E-state index >= 15 is 0 Å². The summed E-state index contributed by atoms with van der Waals surface area (Å²) in [7, 11) is 0. The second-order valence-corrected chi connectivity index (χ2v) is 6.47. The molecule has 2 aliphatic rings. The minimum Gasteiger partial charge on any atom is -0.316 e. The number of piperidine rings is 1.